The smallest absolute Gasteiger partial charge is 0.338 e. The molecule has 0 N–H and O–H groups in total. The molecule has 0 spiro atoms. The van der Waals surface area contributed by atoms with Gasteiger partial charge in [0.2, 0.25) is 0 Å². The van der Waals surface area contributed by atoms with Gasteiger partial charge in [-0.1, -0.05) is 109 Å². The van der Waals surface area contributed by atoms with Crippen molar-refractivity contribution in [1.29, 1.82) is 0 Å². The molecule has 17 heteroatoms. The molecule has 10 atom stereocenters. The lowest BCUT2D eigenvalue weighted by Gasteiger charge is -2.48. The van der Waals surface area contributed by atoms with E-state index in [1.807, 2.05) is 0 Å². The van der Waals surface area contributed by atoms with Crippen LogP contribution in [0.15, 0.2) is 182 Å². The Kier molecular flexibility index (Phi) is 17.5. The molecule has 2 fully saturated rings. The monoisotopic (exact) mass is 994 g/mol. The van der Waals surface area contributed by atoms with Gasteiger partial charge in [-0.2, -0.15) is 0 Å². The molecule has 4 unspecified atom stereocenters. The van der Waals surface area contributed by atoms with Crippen LogP contribution in [0.2, 0.25) is 0 Å². The van der Waals surface area contributed by atoms with Crippen molar-refractivity contribution in [2.75, 3.05) is 27.4 Å². The van der Waals surface area contributed by atoms with Gasteiger partial charge in [0.1, 0.15) is 37.6 Å². The Morgan fingerprint density at radius 3 is 0.918 bits per heavy atom. The van der Waals surface area contributed by atoms with E-state index < -0.39 is 110 Å². The van der Waals surface area contributed by atoms with Crippen LogP contribution in [0.5, 0.6) is 0 Å². The minimum Gasteiger partial charge on any atom is -0.459 e. The average molecular weight is 995 g/mol. The van der Waals surface area contributed by atoms with Crippen molar-refractivity contribution < 1.29 is 80.9 Å². The normalized spacial score (nSPS) is 23.4. The molecular formula is C56H50O17. The van der Waals surface area contributed by atoms with E-state index in [1.54, 1.807) is 133 Å². The highest BCUT2D eigenvalue weighted by atomic mass is 16.8. The molecule has 0 amide bonds. The van der Waals surface area contributed by atoms with Crippen molar-refractivity contribution in [3.05, 3.63) is 215 Å². The fraction of sp³-hybridized carbons (Fsp3) is 0.250. The van der Waals surface area contributed by atoms with E-state index in [-0.39, 0.29) is 33.4 Å². The Morgan fingerprint density at radius 2 is 0.603 bits per heavy atom. The highest BCUT2D eigenvalue weighted by molar-refractivity contribution is 5.92. The lowest BCUT2D eigenvalue weighted by atomic mass is 9.95. The fourth-order valence-electron chi connectivity index (χ4n) is 8.13. The molecule has 0 saturated carbocycles. The lowest BCUT2D eigenvalue weighted by Crippen LogP contribution is -2.67. The summed E-state index contributed by atoms with van der Waals surface area (Å²) in [5.41, 5.74) is 0.848. The van der Waals surface area contributed by atoms with Gasteiger partial charge >= 0.3 is 35.8 Å². The van der Waals surface area contributed by atoms with Crippen molar-refractivity contribution >= 4 is 35.8 Å². The quantitative estimate of drug-likeness (QED) is 0.0622. The third-order valence-electron chi connectivity index (χ3n) is 11.8. The van der Waals surface area contributed by atoms with Crippen LogP contribution in [-0.4, -0.2) is 125 Å². The van der Waals surface area contributed by atoms with Crippen LogP contribution in [-0.2, 0) is 52.1 Å². The zero-order valence-electron chi connectivity index (χ0n) is 39.4. The fourth-order valence-corrected chi connectivity index (χ4v) is 8.13. The Hall–Kier alpha value is -8.06. The van der Waals surface area contributed by atoms with Crippen molar-refractivity contribution in [1.82, 2.24) is 0 Å². The molecule has 2 heterocycles. The molecule has 6 aromatic rings. The highest BCUT2D eigenvalue weighted by Gasteiger charge is 2.57. The summed E-state index contributed by atoms with van der Waals surface area (Å²) in [6.07, 6.45) is -15.9. The Labute approximate surface area is 419 Å². The molecule has 2 aliphatic heterocycles. The topological polar surface area (TPSA) is 204 Å². The van der Waals surface area contributed by atoms with E-state index in [4.69, 9.17) is 52.1 Å². The summed E-state index contributed by atoms with van der Waals surface area (Å²) >= 11 is 0. The predicted octanol–water partition coefficient (Wildman–Crippen LogP) is 7.10. The van der Waals surface area contributed by atoms with E-state index in [2.05, 4.69) is 0 Å². The Bertz CT molecular complexity index is 2770. The zero-order valence-corrected chi connectivity index (χ0v) is 39.4. The molecule has 376 valence electrons. The first-order valence-corrected chi connectivity index (χ1v) is 23.1. The largest absolute Gasteiger partial charge is 0.459 e. The second kappa shape index (κ2) is 24.9. The first-order valence-electron chi connectivity index (χ1n) is 23.1. The third-order valence-corrected chi connectivity index (χ3v) is 11.8. The number of methoxy groups -OCH3 is 2. The number of hydrogen-bond acceptors (Lipinski definition) is 17. The van der Waals surface area contributed by atoms with Crippen molar-refractivity contribution in [3.8, 4) is 0 Å². The first kappa shape index (κ1) is 51.3. The summed E-state index contributed by atoms with van der Waals surface area (Å²) in [4.78, 5) is 83.3. The van der Waals surface area contributed by atoms with Gasteiger partial charge in [0, 0.05) is 14.2 Å². The van der Waals surface area contributed by atoms with E-state index in [0.29, 0.717) is 0 Å². The minimum absolute atomic E-state index is 0.0966. The summed E-state index contributed by atoms with van der Waals surface area (Å²) < 4.78 is 68.1. The molecule has 2 saturated heterocycles. The van der Waals surface area contributed by atoms with Gasteiger partial charge < -0.3 is 52.1 Å². The summed E-state index contributed by atoms with van der Waals surface area (Å²) in [7, 11) is 2.54. The van der Waals surface area contributed by atoms with Crippen molar-refractivity contribution in [3.63, 3.8) is 0 Å². The van der Waals surface area contributed by atoms with Crippen molar-refractivity contribution in [2.24, 2.45) is 0 Å². The van der Waals surface area contributed by atoms with E-state index in [0.717, 1.165) is 0 Å². The Morgan fingerprint density at radius 1 is 0.329 bits per heavy atom. The number of benzene rings is 6. The van der Waals surface area contributed by atoms with Crippen molar-refractivity contribution in [2.45, 2.75) is 61.4 Å². The minimum atomic E-state index is -1.84. The third kappa shape index (κ3) is 12.9. The van der Waals surface area contributed by atoms with Crippen LogP contribution in [0.25, 0.3) is 0 Å². The van der Waals surface area contributed by atoms with Gasteiger partial charge in [-0.15, -0.1) is 0 Å². The number of rotatable bonds is 18. The maximum Gasteiger partial charge on any atom is 0.338 e. The molecule has 0 aliphatic carbocycles. The summed E-state index contributed by atoms with van der Waals surface area (Å²) in [5.74, 6) is -5.00. The standard InChI is InChI=1S/C56H50O17/c1-63-45-43(69-51(59)37-25-13-5-14-26-37)41(33-65-49(57)35-21-9-3-10-22-35)68-56(47(45)71-53(61)39-29-17-7-18-30-39)73-46-44(70-52(60)38-27-15-6-16-28-38)42(34-66-50(58)36-23-11-4-12-24-36)67-55(64-2)48(46)72-54(62)40-31-19-8-20-32-40/h3-32,41-48,55-56H,33-34H2,1-2H3/t41?,42?,43-,44-,45?,46?,47-,48-,55+,56-/m1/s1. The molecule has 0 bridgehead atoms. The molecule has 6 aromatic carbocycles. The molecule has 0 radical (unpaired) electrons. The van der Waals surface area contributed by atoms with Gasteiger partial charge in [-0.3, -0.25) is 0 Å². The second-order valence-electron chi connectivity index (χ2n) is 16.5. The zero-order chi connectivity index (χ0) is 51.1. The average Bonchev–Trinajstić information content (AvgIpc) is 3.44. The highest BCUT2D eigenvalue weighted by Crippen LogP contribution is 2.36. The van der Waals surface area contributed by atoms with Gasteiger partial charge in [-0.25, -0.2) is 28.8 Å². The predicted molar refractivity (Wildman–Crippen MR) is 256 cm³/mol. The number of esters is 6. The lowest BCUT2D eigenvalue weighted by molar-refractivity contribution is -0.356. The molecule has 17 nitrogen and oxygen atoms in total. The first-order chi connectivity index (χ1) is 35.6. The van der Waals surface area contributed by atoms with Crippen LogP contribution in [0.3, 0.4) is 0 Å². The van der Waals surface area contributed by atoms with E-state index in [1.165, 1.54) is 62.8 Å². The molecule has 73 heavy (non-hydrogen) atoms. The van der Waals surface area contributed by atoms with Crippen LogP contribution in [0, 0.1) is 0 Å². The van der Waals surface area contributed by atoms with Crippen LogP contribution < -0.4 is 0 Å². The van der Waals surface area contributed by atoms with Crippen LogP contribution >= 0.6 is 0 Å². The van der Waals surface area contributed by atoms with Crippen LogP contribution in [0.1, 0.15) is 62.1 Å². The molecule has 2 aliphatic rings. The number of ether oxygens (including phenoxy) is 11. The van der Waals surface area contributed by atoms with Crippen LogP contribution in [0.4, 0.5) is 0 Å². The molecular weight excluding hydrogens is 945 g/mol. The van der Waals surface area contributed by atoms with Gasteiger partial charge in [0.15, 0.2) is 37.0 Å². The second-order valence-corrected chi connectivity index (χ2v) is 16.5. The summed E-state index contributed by atoms with van der Waals surface area (Å²) in [6, 6.07) is 48.1. The van der Waals surface area contributed by atoms with E-state index in [9.17, 15) is 28.8 Å². The van der Waals surface area contributed by atoms with Gasteiger partial charge in [0.05, 0.1) is 33.4 Å². The maximum absolute atomic E-state index is 14.2. The molecule has 0 aromatic heterocycles. The number of carbonyl (C=O) groups is 6. The SMILES string of the molecule is COC1[C@H](OC(=O)c2ccccc2)C(COC(=O)c2ccccc2)O[C@H](OC2[C@H](OC(=O)c3ccccc3)C(COC(=O)c3ccccc3)O[C@H](OC)[C@@H]2OC(=O)c2ccccc2)[C@@H]1OC(=O)c1ccccc1. The molecule has 8 rings (SSSR count). The van der Waals surface area contributed by atoms with E-state index >= 15 is 0 Å². The van der Waals surface area contributed by atoms with Gasteiger partial charge in [-0.05, 0) is 72.8 Å². The van der Waals surface area contributed by atoms with Gasteiger partial charge in [0.25, 0.3) is 0 Å². The summed E-state index contributed by atoms with van der Waals surface area (Å²) in [6.45, 7) is -1.17. The number of carbonyl (C=O) groups excluding carboxylic acids is 6. The number of hydrogen-bond donors (Lipinski definition) is 0. The maximum atomic E-state index is 14.2. The summed E-state index contributed by atoms with van der Waals surface area (Å²) in [5, 5.41) is 0. The Balaban J connectivity index is 1.23.